The molecule has 0 bridgehead atoms. The zero-order valence-corrected chi connectivity index (χ0v) is 10.5. The summed E-state index contributed by atoms with van der Waals surface area (Å²) in [6.07, 6.45) is 1.18. The van der Waals surface area contributed by atoms with E-state index in [1.165, 1.54) is 25.1 Å². The number of thioether (sulfide) groups is 1. The molecular formula is C7H12N4O3S2. The lowest BCUT2D eigenvalue weighted by Crippen LogP contribution is -2.06. The maximum atomic E-state index is 10.9. The number of ether oxygens (including phenoxy) is 1. The van der Waals surface area contributed by atoms with Crippen LogP contribution in [0.4, 0.5) is 5.95 Å². The van der Waals surface area contributed by atoms with E-state index in [9.17, 15) is 8.42 Å². The molecule has 2 N–H and O–H groups in total. The molecule has 0 saturated heterocycles. The molecule has 1 aromatic rings. The summed E-state index contributed by atoms with van der Waals surface area (Å²) in [5.74, 6) is 0.477. The van der Waals surface area contributed by atoms with Gasteiger partial charge in [-0.25, -0.2) is 8.42 Å². The van der Waals surface area contributed by atoms with E-state index in [1.807, 2.05) is 0 Å². The highest BCUT2D eigenvalue weighted by atomic mass is 32.2. The first-order chi connectivity index (χ1) is 7.40. The fourth-order valence-corrected chi connectivity index (χ4v) is 2.82. The first-order valence-corrected chi connectivity index (χ1v) is 7.31. The number of nitrogens with two attached hydrogens (primary N) is 1. The molecule has 0 aliphatic carbocycles. The summed E-state index contributed by atoms with van der Waals surface area (Å²) in [5, 5.41) is 0.355. The molecule has 1 rings (SSSR count). The van der Waals surface area contributed by atoms with Gasteiger partial charge in [0.05, 0.1) is 12.9 Å². The predicted molar refractivity (Wildman–Crippen MR) is 61.2 cm³/mol. The Morgan fingerprint density at radius 2 is 2.06 bits per heavy atom. The van der Waals surface area contributed by atoms with E-state index in [0.29, 0.717) is 10.9 Å². The predicted octanol–water partition coefficient (Wildman–Crippen LogP) is -0.401. The molecule has 0 spiro atoms. The summed E-state index contributed by atoms with van der Waals surface area (Å²) in [6, 6.07) is 0.120. The highest BCUT2D eigenvalue weighted by molar-refractivity contribution is 8.00. The largest absolute Gasteiger partial charge is 0.467 e. The van der Waals surface area contributed by atoms with E-state index >= 15 is 0 Å². The summed E-state index contributed by atoms with van der Waals surface area (Å²) in [7, 11) is -1.56. The lowest BCUT2D eigenvalue weighted by Gasteiger charge is -2.02. The van der Waals surface area contributed by atoms with E-state index in [4.69, 9.17) is 10.5 Å². The third-order valence-electron chi connectivity index (χ3n) is 1.48. The van der Waals surface area contributed by atoms with Crippen LogP contribution in [0.1, 0.15) is 0 Å². The van der Waals surface area contributed by atoms with Gasteiger partial charge >= 0.3 is 6.01 Å². The van der Waals surface area contributed by atoms with Crippen molar-refractivity contribution in [1.82, 2.24) is 15.0 Å². The number of rotatable bonds is 5. The Balaban J connectivity index is 2.63. The third kappa shape index (κ3) is 4.62. The minimum atomic E-state index is -2.97. The van der Waals surface area contributed by atoms with Crippen molar-refractivity contribution in [2.45, 2.75) is 5.16 Å². The number of hydrogen-bond acceptors (Lipinski definition) is 8. The molecule has 0 atom stereocenters. The van der Waals surface area contributed by atoms with E-state index in [1.54, 1.807) is 0 Å². The maximum absolute atomic E-state index is 10.9. The molecule has 1 heterocycles. The zero-order valence-electron chi connectivity index (χ0n) is 8.87. The third-order valence-corrected chi connectivity index (χ3v) is 3.53. The van der Waals surface area contributed by atoms with Crippen molar-refractivity contribution in [2.75, 3.05) is 30.6 Å². The summed E-state index contributed by atoms with van der Waals surface area (Å²) in [5.41, 5.74) is 5.42. The Morgan fingerprint density at radius 3 is 2.62 bits per heavy atom. The van der Waals surface area contributed by atoms with Crippen molar-refractivity contribution in [3.8, 4) is 6.01 Å². The van der Waals surface area contributed by atoms with Gasteiger partial charge in [-0.15, -0.1) is 0 Å². The van der Waals surface area contributed by atoms with Gasteiger partial charge in [0.15, 0.2) is 5.16 Å². The number of nitrogens with zero attached hydrogens (tertiary/aromatic N) is 3. The van der Waals surface area contributed by atoms with E-state index in [-0.39, 0.29) is 17.7 Å². The number of methoxy groups -OCH3 is 1. The number of sulfone groups is 1. The smallest absolute Gasteiger partial charge is 0.321 e. The minimum Gasteiger partial charge on any atom is -0.467 e. The van der Waals surface area contributed by atoms with Crippen LogP contribution in [0, 0.1) is 0 Å². The van der Waals surface area contributed by atoms with Gasteiger partial charge in [-0.3, -0.25) is 0 Å². The zero-order chi connectivity index (χ0) is 12.2. The van der Waals surface area contributed by atoms with Crippen molar-refractivity contribution in [1.29, 1.82) is 0 Å². The second-order valence-corrected chi connectivity index (χ2v) is 6.26. The molecule has 0 saturated carbocycles. The number of nitrogen functional groups attached to an aromatic ring is 1. The van der Waals surface area contributed by atoms with Crippen LogP contribution >= 0.6 is 11.8 Å². The van der Waals surface area contributed by atoms with Gasteiger partial charge in [-0.1, -0.05) is 11.8 Å². The standard InChI is InChI=1S/C7H12N4O3S2/c1-14-6-9-5(8)10-7(11-6)15-3-4-16(2,12)13/h3-4H2,1-2H3,(H2,8,9,10,11). The van der Waals surface area contributed by atoms with Gasteiger partial charge in [0, 0.05) is 12.0 Å². The van der Waals surface area contributed by atoms with Crippen LogP contribution in [0.3, 0.4) is 0 Å². The van der Waals surface area contributed by atoms with Crippen molar-refractivity contribution in [2.24, 2.45) is 0 Å². The molecule has 0 aliphatic heterocycles. The lowest BCUT2D eigenvalue weighted by molar-refractivity contribution is 0.374. The summed E-state index contributed by atoms with van der Waals surface area (Å²) >= 11 is 1.19. The van der Waals surface area contributed by atoms with Crippen LogP contribution in [-0.4, -0.2) is 48.2 Å². The van der Waals surface area contributed by atoms with Gasteiger partial charge in [0.25, 0.3) is 0 Å². The van der Waals surface area contributed by atoms with Crippen molar-refractivity contribution < 1.29 is 13.2 Å². The van der Waals surface area contributed by atoms with Crippen molar-refractivity contribution in [3.05, 3.63) is 0 Å². The van der Waals surface area contributed by atoms with Crippen LogP contribution in [0.15, 0.2) is 5.16 Å². The Kier molecular flexibility index (Phi) is 4.30. The Morgan fingerprint density at radius 1 is 1.38 bits per heavy atom. The molecule has 90 valence electrons. The van der Waals surface area contributed by atoms with E-state index in [2.05, 4.69) is 15.0 Å². The second-order valence-electron chi connectivity index (χ2n) is 2.94. The molecular weight excluding hydrogens is 252 g/mol. The molecule has 16 heavy (non-hydrogen) atoms. The van der Waals surface area contributed by atoms with Crippen LogP contribution < -0.4 is 10.5 Å². The molecule has 0 aliphatic rings. The summed E-state index contributed by atoms with van der Waals surface area (Å²) in [6.45, 7) is 0. The first-order valence-electron chi connectivity index (χ1n) is 4.27. The molecule has 9 heteroatoms. The molecule has 0 unspecified atom stereocenters. The molecule has 0 aromatic carbocycles. The Labute approximate surface area is 97.8 Å². The van der Waals surface area contributed by atoms with Crippen molar-refractivity contribution >= 4 is 27.5 Å². The second kappa shape index (κ2) is 5.30. The van der Waals surface area contributed by atoms with Gasteiger partial charge < -0.3 is 10.5 Å². The average Bonchev–Trinajstić information content (AvgIpc) is 2.14. The Hall–Kier alpha value is -1.09. The van der Waals surface area contributed by atoms with Crippen LogP contribution in [-0.2, 0) is 9.84 Å². The number of anilines is 1. The first kappa shape index (κ1) is 13.0. The fraction of sp³-hybridized carbons (Fsp3) is 0.571. The SMILES string of the molecule is COc1nc(N)nc(SCCS(C)(=O)=O)n1. The topological polar surface area (TPSA) is 108 Å². The Bertz CT molecular complexity index is 463. The summed E-state index contributed by atoms with van der Waals surface area (Å²) in [4.78, 5) is 11.5. The highest BCUT2D eigenvalue weighted by Crippen LogP contribution is 2.16. The van der Waals surface area contributed by atoms with Gasteiger partial charge in [-0.05, 0) is 0 Å². The highest BCUT2D eigenvalue weighted by Gasteiger charge is 2.07. The molecule has 0 amide bonds. The van der Waals surface area contributed by atoms with Crippen LogP contribution in [0.25, 0.3) is 0 Å². The number of hydrogen-bond donors (Lipinski definition) is 1. The minimum absolute atomic E-state index is 0.0497. The summed E-state index contributed by atoms with van der Waals surface area (Å²) < 4.78 is 26.6. The van der Waals surface area contributed by atoms with Gasteiger partial charge in [0.1, 0.15) is 9.84 Å². The van der Waals surface area contributed by atoms with Gasteiger partial charge in [0.2, 0.25) is 5.95 Å². The fourth-order valence-electron chi connectivity index (χ4n) is 0.793. The molecule has 0 radical (unpaired) electrons. The molecule has 1 aromatic heterocycles. The monoisotopic (exact) mass is 264 g/mol. The average molecular weight is 264 g/mol. The lowest BCUT2D eigenvalue weighted by atomic mass is 10.9. The van der Waals surface area contributed by atoms with E-state index in [0.717, 1.165) is 0 Å². The van der Waals surface area contributed by atoms with Gasteiger partial charge in [-0.2, -0.15) is 15.0 Å². The van der Waals surface area contributed by atoms with E-state index < -0.39 is 9.84 Å². The molecule has 7 nitrogen and oxygen atoms in total. The van der Waals surface area contributed by atoms with Crippen LogP contribution in [0.2, 0.25) is 0 Å². The number of aromatic nitrogens is 3. The maximum Gasteiger partial charge on any atom is 0.321 e. The quantitative estimate of drug-likeness (QED) is 0.716. The van der Waals surface area contributed by atoms with Crippen molar-refractivity contribution in [3.63, 3.8) is 0 Å². The van der Waals surface area contributed by atoms with Crippen LogP contribution in [0.5, 0.6) is 6.01 Å². The molecule has 0 fully saturated rings. The normalized spacial score (nSPS) is 11.4.